The van der Waals surface area contributed by atoms with E-state index in [1.807, 2.05) is 0 Å². The number of ether oxygens (including phenoxy) is 2. The van der Waals surface area contributed by atoms with Gasteiger partial charge in [-0.15, -0.1) is 0 Å². The number of esters is 1. The number of hydrogen-bond donors (Lipinski definition) is 0. The van der Waals surface area contributed by atoms with Crippen molar-refractivity contribution in [2.24, 2.45) is 5.92 Å². The number of methoxy groups -OCH3 is 1. The Bertz CT molecular complexity index is 662. The number of para-hydroxylation sites is 1. The van der Waals surface area contributed by atoms with Crippen LogP contribution in [0.15, 0.2) is 18.2 Å². The summed E-state index contributed by atoms with van der Waals surface area (Å²) in [5, 5.41) is 0. The fourth-order valence-corrected chi connectivity index (χ4v) is 3.35. The molecule has 1 amide bonds. The van der Waals surface area contributed by atoms with Crippen LogP contribution in [0.5, 0.6) is 5.75 Å². The van der Waals surface area contributed by atoms with Crippen molar-refractivity contribution in [3.8, 4) is 5.75 Å². The molecule has 1 heterocycles. The van der Waals surface area contributed by atoms with Crippen LogP contribution in [0.25, 0.3) is 0 Å². The number of alkyl halides is 2. The second-order valence-corrected chi connectivity index (χ2v) is 6.13. The number of hydrogen-bond acceptors (Lipinski definition) is 4. The number of rotatable bonds is 2. The third-order valence-corrected chi connectivity index (χ3v) is 4.51. The lowest BCUT2D eigenvalue weighted by Gasteiger charge is -2.35. The molecule has 0 radical (unpaired) electrons. The SMILES string of the molecule is COC(=O)c1cccc2c1OCCN2C(=O)[C@H]1CCCC(F)(F)C1. The van der Waals surface area contributed by atoms with Crippen LogP contribution in [0.4, 0.5) is 14.5 Å². The molecule has 1 fully saturated rings. The summed E-state index contributed by atoms with van der Waals surface area (Å²) in [6, 6.07) is 4.82. The van der Waals surface area contributed by atoms with Crippen LogP contribution >= 0.6 is 0 Å². The highest BCUT2D eigenvalue weighted by Crippen LogP contribution is 2.40. The molecule has 1 atom stereocenters. The number of amides is 1. The van der Waals surface area contributed by atoms with E-state index in [1.54, 1.807) is 18.2 Å². The molecule has 7 heteroatoms. The van der Waals surface area contributed by atoms with Gasteiger partial charge in [0.2, 0.25) is 11.8 Å². The van der Waals surface area contributed by atoms with E-state index < -0.39 is 24.2 Å². The van der Waals surface area contributed by atoms with Crippen molar-refractivity contribution in [1.29, 1.82) is 0 Å². The van der Waals surface area contributed by atoms with E-state index >= 15 is 0 Å². The molecule has 130 valence electrons. The second-order valence-electron chi connectivity index (χ2n) is 6.13. The summed E-state index contributed by atoms with van der Waals surface area (Å²) in [5.41, 5.74) is 0.657. The summed E-state index contributed by atoms with van der Waals surface area (Å²) < 4.78 is 37.5. The van der Waals surface area contributed by atoms with Gasteiger partial charge in [0.05, 0.1) is 19.3 Å². The van der Waals surface area contributed by atoms with Crippen molar-refractivity contribution in [1.82, 2.24) is 0 Å². The van der Waals surface area contributed by atoms with Gasteiger partial charge in [-0.3, -0.25) is 4.79 Å². The van der Waals surface area contributed by atoms with Crippen molar-refractivity contribution in [2.45, 2.75) is 31.6 Å². The number of carbonyl (C=O) groups is 2. The molecule has 0 spiro atoms. The molecule has 24 heavy (non-hydrogen) atoms. The number of nitrogens with zero attached hydrogens (tertiary/aromatic N) is 1. The monoisotopic (exact) mass is 339 g/mol. The molecule has 3 rings (SSSR count). The highest BCUT2D eigenvalue weighted by Gasteiger charge is 2.41. The van der Waals surface area contributed by atoms with Gasteiger partial charge in [0.1, 0.15) is 12.2 Å². The van der Waals surface area contributed by atoms with Gasteiger partial charge in [-0.05, 0) is 25.0 Å². The third kappa shape index (κ3) is 3.07. The molecule has 0 bridgehead atoms. The minimum atomic E-state index is -2.79. The van der Waals surface area contributed by atoms with Gasteiger partial charge in [-0.1, -0.05) is 6.07 Å². The quantitative estimate of drug-likeness (QED) is 0.777. The van der Waals surface area contributed by atoms with Crippen molar-refractivity contribution in [3.05, 3.63) is 23.8 Å². The largest absolute Gasteiger partial charge is 0.489 e. The van der Waals surface area contributed by atoms with Crippen LogP contribution in [-0.2, 0) is 9.53 Å². The number of carbonyl (C=O) groups excluding carboxylic acids is 2. The van der Waals surface area contributed by atoms with Gasteiger partial charge < -0.3 is 14.4 Å². The van der Waals surface area contributed by atoms with E-state index in [0.717, 1.165) is 0 Å². The Morgan fingerprint density at radius 2 is 2.17 bits per heavy atom. The summed E-state index contributed by atoms with van der Waals surface area (Å²) in [4.78, 5) is 26.1. The number of anilines is 1. The lowest BCUT2D eigenvalue weighted by molar-refractivity contribution is -0.129. The van der Waals surface area contributed by atoms with Gasteiger partial charge in [0.25, 0.3) is 0 Å². The van der Waals surface area contributed by atoms with Crippen molar-refractivity contribution in [2.75, 3.05) is 25.2 Å². The molecule has 1 saturated carbocycles. The number of benzene rings is 1. The smallest absolute Gasteiger partial charge is 0.341 e. The zero-order valence-electron chi connectivity index (χ0n) is 13.4. The molecule has 1 aliphatic carbocycles. The van der Waals surface area contributed by atoms with Gasteiger partial charge in [0, 0.05) is 18.8 Å². The first kappa shape index (κ1) is 16.7. The second kappa shape index (κ2) is 6.37. The van der Waals surface area contributed by atoms with Gasteiger partial charge in [0.15, 0.2) is 5.75 Å². The average molecular weight is 339 g/mol. The van der Waals surface area contributed by atoms with Crippen LogP contribution in [-0.4, -0.2) is 38.1 Å². The lowest BCUT2D eigenvalue weighted by Crippen LogP contribution is -2.44. The average Bonchev–Trinajstić information content (AvgIpc) is 2.58. The highest BCUT2D eigenvalue weighted by molar-refractivity contribution is 6.01. The zero-order chi connectivity index (χ0) is 17.3. The summed E-state index contributed by atoms with van der Waals surface area (Å²) in [6.07, 6.45) is 0.207. The molecule has 1 aliphatic heterocycles. The highest BCUT2D eigenvalue weighted by atomic mass is 19.3. The zero-order valence-corrected chi connectivity index (χ0v) is 13.4. The van der Waals surface area contributed by atoms with Crippen LogP contribution in [0, 0.1) is 5.92 Å². The molecule has 0 aromatic heterocycles. The maximum atomic E-state index is 13.6. The van der Waals surface area contributed by atoms with Crippen molar-refractivity contribution >= 4 is 17.6 Å². The van der Waals surface area contributed by atoms with Crippen molar-refractivity contribution < 1.29 is 27.8 Å². The molecular weight excluding hydrogens is 320 g/mol. The van der Waals surface area contributed by atoms with Crippen LogP contribution in [0.3, 0.4) is 0 Å². The maximum absolute atomic E-state index is 13.6. The minimum absolute atomic E-state index is 0.164. The van der Waals surface area contributed by atoms with Crippen LogP contribution in [0.2, 0.25) is 0 Å². The minimum Gasteiger partial charge on any atom is -0.489 e. The Balaban J connectivity index is 1.89. The molecular formula is C17H19F2NO4. The summed E-state index contributed by atoms with van der Waals surface area (Å²) in [6.45, 7) is 0.481. The molecule has 0 unspecified atom stereocenters. The maximum Gasteiger partial charge on any atom is 0.341 e. The predicted octanol–water partition coefficient (Wildman–Crippen LogP) is 3.02. The van der Waals surface area contributed by atoms with Crippen molar-refractivity contribution in [3.63, 3.8) is 0 Å². The Morgan fingerprint density at radius 1 is 1.38 bits per heavy atom. The van der Waals surface area contributed by atoms with E-state index in [0.29, 0.717) is 18.5 Å². The predicted molar refractivity (Wildman–Crippen MR) is 82.5 cm³/mol. The number of halogens is 2. The summed E-state index contributed by atoms with van der Waals surface area (Å²) in [7, 11) is 1.26. The fraction of sp³-hybridized carbons (Fsp3) is 0.529. The normalized spacial score (nSPS) is 22.3. The summed E-state index contributed by atoms with van der Waals surface area (Å²) in [5.74, 6) is -4.12. The fourth-order valence-electron chi connectivity index (χ4n) is 3.35. The standard InChI is InChI=1S/C17H19F2NO4/c1-23-16(22)12-5-2-6-13-14(12)24-9-8-20(13)15(21)11-4-3-7-17(18,19)10-11/h2,5-6,11H,3-4,7-10H2,1H3/t11-/m0/s1. The van der Waals surface area contributed by atoms with E-state index in [1.165, 1.54) is 12.0 Å². The van der Waals surface area contributed by atoms with Crippen LogP contribution < -0.4 is 9.64 Å². The van der Waals surface area contributed by atoms with Gasteiger partial charge >= 0.3 is 5.97 Å². The van der Waals surface area contributed by atoms with E-state index in [9.17, 15) is 18.4 Å². The molecule has 0 saturated heterocycles. The first-order valence-corrected chi connectivity index (χ1v) is 7.96. The first-order chi connectivity index (χ1) is 11.4. The first-order valence-electron chi connectivity index (χ1n) is 7.96. The van der Waals surface area contributed by atoms with Gasteiger partial charge in [-0.25, -0.2) is 13.6 Å². The lowest BCUT2D eigenvalue weighted by atomic mass is 9.85. The van der Waals surface area contributed by atoms with Gasteiger partial charge in [-0.2, -0.15) is 0 Å². The number of fused-ring (bicyclic) bond motifs is 1. The van der Waals surface area contributed by atoms with Crippen LogP contribution in [0.1, 0.15) is 36.0 Å². The van der Waals surface area contributed by atoms with E-state index in [4.69, 9.17) is 9.47 Å². The van der Waals surface area contributed by atoms with E-state index in [-0.39, 0.29) is 36.8 Å². The Morgan fingerprint density at radius 3 is 2.88 bits per heavy atom. The third-order valence-electron chi connectivity index (χ3n) is 4.51. The Hall–Kier alpha value is -2.18. The molecule has 0 N–H and O–H groups in total. The Kier molecular flexibility index (Phi) is 4.43. The molecule has 1 aromatic carbocycles. The molecule has 2 aliphatic rings. The molecule has 5 nitrogen and oxygen atoms in total. The molecule has 1 aromatic rings. The topological polar surface area (TPSA) is 55.8 Å². The summed E-state index contributed by atoms with van der Waals surface area (Å²) >= 11 is 0. The van der Waals surface area contributed by atoms with E-state index in [2.05, 4.69) is 0 Å². The Labute approximate surface area is 138 Å².